The number of para-hydroxylation sites is 1. The molecular formula is C16H20N4O3. The van der Waals surface area contributed by atoms with Crippen molar-refractivity contribution in [3.05, 3.63) is 30.2 Å². The van der Waals surface area contributed by atoms with Crippen molar-refractivity contribution >= 4 is 6.03 Å². The summed E-state index contributed by atoms with van der Waals surface area (Å²) < 4.78 is 10.6. The third kappa shape index (κ3) is 3.28. The number of methoxy groups -OCH3 is 1. The van der Waals surface area contributed by atoms with Gasteiger partial charge in [0.1, 0.15) is 11.8 Å². The van der Waals surface area contributed by atoms with E-state index in [1.165, 1.54) is 0 Å². The van der Waals surface area contributed by atoms with Gasteiger partial charge in [0.15, 0.2) is 0 Å². The first-order valence-corrected chi connectivity index (χ1v) is 7.60. The van der Waals surface area contributed by atoms with E-state index in [2.05, 4.69) is 15.5 Å². The minimum Gasteiger partial charge on any atom is -0.496 e. The lowest BCUT2D eigenvalue weighted by Gasteiger charge is -2.19. The highest BCUT2D eigenvalue weighted by Gasteiger charge is 2.30. The van der Waals surface area contributed by atoms with E-state index in [0.29, 0.717) is 23.5 Å². The Labute approximate surface area is 134 Å². The van der Waals surface area contributed by atoms with E-state index in [9.17, 15) is 4.79 Å². The predicted octanol–water partition coefficient (Wildman–Crippen LogP) is 2.61. The Bertz CT molecular complexity index is 696. The molecule has 0 aliphatic heterocycles. The first kappa shape index (κ1) is 15.3. The van der Waals surface area contributed by atoms with Crippen LogP contribution in [-0.4, -0.2) is 41.3 Å². The third-order valence-electron chi connectivity index (χ3n) is 3.91. The summed E-state index contributed by atoms with van der Waals surface area (Å²) >= 11 is 0. The molecule has 1 saturated carbocycles. The van der Waals surface area contributed by atoms with Crippen LogP contribution in [0.1, 0.15) is 31.7 Å². The summed E-state index contributed by atoms with van der Waals surface area (Å²) in [6, 6.07) is 7.31. The van der Waals surface area contributed by atoms with Crippen LogP contribution in [0.15, 0.2) is 28.8 Å². The van der Waals surface area contributed by atoms with Gasteiger partial charge in [-0.05, 0) is 31.9 Å². The number of nitrogens with zero attached hydrogens (tertiary/aromatic N) is 3. The van der Waals surface area contributed by atoms with E-state index in [4.69, 9.17) is 9.26 Å². The van der Waals surface area contributed by atoms with Crippen molar-refractivity contribution in [3.63, 3.8) is 0 Å². The third-order valence-corrected chi connectivity index (χ3v) is 3.91. The number of ether oxygens (including phenoxy) is 1. The van der Waals surface area contributed by atoms with Gasteiger partial charge < -0.3 is 19.5 Å². The van der Waals surface area contributed by atoms with Crippen LogP contribution in [0.4, 0.5) is 4.79 Å². The molecule has 0 unspecified atom stereocenters. The van der Waals surface area contributed by atoms with E-state index in [1.807, 2.05) is 31.2 Å². The lowest BCUT2D eigenvalue weighted by molar-refractivity contribution is 0.200. The van der Waals surface area contributed by atoms with E-state index >= 15 is 0 Å². The molecule has 23 heavy (non-hydrogen) atoms. The van der Waals surface area contributed by atoms with Crippen molar-refractivity contribution in [2.45, 2.75) is 31.8 Å². The smallest absolute Gasteiger partial charge is 0.318 e. The summed E-state index contributed by atoms with van der Waals surface area (Å²) in [6.45, 7) is 1.82. The molecule has 1 fully saturated rings. The Morgan fingerprint density at radius 1 is 1.43 bits per heavy atom. The number of hydrogen-bond donors (Lipinski definition) is 1. The van der Waals surface area contributed by atoms with E-state index < -0.39 is 0 Å². The van der Waals surface area contributed by atoms with E-state index in [0.717, 1.165) is 18.4 Å². The molecule has 1 N–H and O–H groups in total. The first-order chi connectivity index (χ1) is 11.1. The summed E-state index contributed by atoms with van der Waals surface area (Å²) in [4.78, 5) is 18.2. The molecule has 7 nitrogen and oxygen atoms in total. The lowest BCUT2D eigenvalue weighted by Crippen LogP contribution is -2.39. The van der Waals surface area contributed by atoms with Gasteiger partial charge in [-0.15, -0.1) is 0 Å². The van der Waals surface area contributed by atoms with Crippen LogP contribution in [0.3, 0.4) is 0 Å². The zero-order chi connectivity index (χ0) is 16.4. The molecule has 1 aromatic heterocycles. The highest BCUT2D eigenvalue weighted by atomic mass is 16.5. The van der Waals surface area contributed by atoms with Crippen molar-refractivity contribution in [2.24, 2.45) is 0 Å². The molecule has 7 heteroatoms. The molecule has 2 aromatic rings. The fourth-order valence-electron chi connectivity index (χ4n) is 2.33. The Morgan fingerprint density at radius 2 is 2.17 bits per heavy atom. The normalized spacial score (nSPS) is 15.1. The van der Waals surface area contributed by atoms with Gasteiger partial charge in [0.05, 0.1) is 12.7 Å². The quantitative estimate of drug-likeness (QED) is 0.917. The van der Waals surface area contributed by atoms with Gasteiger partial charge in [-0.2, -0.15) is 4.98 Å². The second kappa shape index (κ2) is 6.28. The second-order valence-electron chi connectivity index (χ2n) is 5.67. The fraction of sp³-hybridized carbons (Fsp3) is 0.438. The van der Waals surface area contributed by atoms with Gasteiger partial charge in [-0.3, -0.25) is 0 Å². The maximum Gasteiger partial charge on any atom is 0.318 e. The highest BCUT2D eigenvalue weighted by molar-refractivity contribution is 5.75. The molecule has 0 spiro atoms. The highest BCUT2D eigenvalue weighted by Crippen LogP contribution is 2.28. The maximum atomic E-state index is 12.1. The second-order valence-corrected chi connectivity index (χ2v) is 5.67. The molecular weight excluding hydrogens is 296 g/mol. The molecule has 1 atom stereocenters. The molecule has 122 valence electrons. The average molecular weight is 316 g/mol. The summed E-state index contributed by atoms with van der Waals surface area (Å²) in [5.41, 5.74) is 0.749. The molecule has 0 saturated heterocycles. The van der Waals surface area contributed by atoms with Crippen molar-refractivity contribution in [2.75, 3.05) is 14.2 Å². The number of carbonyl (C=O) groups is 1. The summed E-state index contributed by atoms with van der Waals surface area (Å²) in [5.74, 6) is 1.47. The zero-order valence-electron chi connectivity index (χ0n) is 13.4. The van der Waals surface area contributed by atoms with Crippen LogP contribution < -0.4 is 10.1 Å². The fourth-order valence-corrected chi connectivity index (χ4v) is 2.33. The minimum absolute atomic E-state index is 0.128. The van der Waals surface area contributed by atoms with Crippen LogP contribution in [0.5, 0.6) is 5.75 Å². The maximum absolute atomic E-state index is 12.1. The topological polar surface area (TPSA) is 80.5 Å². The van der Waals surface area contributed by atoms with E-state index in [-0.39, 0.29) is 12.1 Å². The zero-order valence-corrected chi connectivity index (χ0v) is 13.4. The number of nitrogens with one attached hydrogen (secondary N) is 1. The predicted molar refractivity (Wildman–Crippen MR) is 84.0 cm³/mol. The largest absolute Gasteiger partial charge is 0.496 e. The van der Waals surface area contributed by atoms with Crippen LogP contribution in [0.2, 0.25) is 0 Å². The SMILES string of the molecule is COc1ccccc1-c1noc([C@@H](C)NC(=O)N(C)C2CC2)n1. The molecule has 0 radical (unpaired) electrons. The average Bonchev–Trinajstić information content (AvgIpc) is 3.30. The number of aromatic nitrogens is 2. The van der Waals surface area contributed by atoms with Gasteiger partial charge in [0.25, 0.3) is 0 Å². The first-order valence-electron chi connectivity index (χ1n) is 7.60. The van der Waals surface area contributed by atoms with Gasteiger partial charge >= 0.3 is 6.03 Å². The van der Waals surface area contributed by atoms with Crippen LogP contribution in [0, 0.1) is 0 Å². The molecule has 1 aliphatic rings. The van der Waals surface area contributed by atoms with Crippen molar-refractivity contribution in [1.29, 1.82) is 0 Å². The molecule has 0 bridgehead atoms. The monoisotopic (exact) mass is 316 g/mol. The Kier molecular flexibility index (Phi) is 4.18. The van der Waals surface area contributed by atoms with Gasteiger partial charge in [0.2, 0.25) is 11.7 Å². The lowest BCUT2D eigenvalue weighted by atomic mass is 10.2. The number of rotatable bonds is 5. The summed E-state index contributed by atoms with van der Waals surface area (Å²) in [6.07, 6.45) is 2.13. The van der Waals surface area contributed by atoms with Crippen molar-refractivity contribution in [3.8, 4) is 17.1 Å². The van der Waals surface area contributed by atoms with Crippen molar-refractivity contribution in [1.82, 2.24) is 20.4 Å². The number of hydrogen-bond acceptors (Lipinski definition) is 5. The van der Waals surface area contributed by atoms with Crippen LogP contribution >= 0.6 is 0 Å². The van der Waals surface area contributed by atoms with Gasteiger partial charge in [-0.25, -0.2) is 4.79 Å². The molecule has 1 heterocycles. The van der Waals surface area contributed by atoms with Crippen LogP contribution in [0.25, 0.3) is 11.4 Å². The minimum atomic E-state index is -0.361. The summed E-state index contributed by atoms with van der Waals surface area (Å²) in [5, 5.41) is 6.85. The van der Waals surface area contributed by atoms with Gasteiger partial charge in [-0.1, -0.05) is 17.3 Å². The standard InChI is InChI=1S/C16H20N4O3/c1-10(17-16(21)20(2)11-8-9-11)15-18-14(19-23-15)12-6-4-5-7-13(12)22-3/h4-7,10-11H,8-9H2,1-3H3,(H,17,21)/t10-/m1/s1. The Balaban J connectivity index is 1.72. The number of urea groups is 1. The number of carbonyl (C=O) groups excluding carboxylic acids is 1. The molecule has 1 aliphatic carbocycles. The number of amides is 2. The van der Waals surface area contributed by atoms with Crippen LogP contribution in [-0.2, 0) is 0 Å². The van der Waals surface area contributed by atoms with E-state index in [1.54, 1.807) is 19.1 Å². The van der Waals surface area contributed by atoms with Gasteiger partial charge in [0, 0.05) is 13.1 Å². The Morgan fingerprint density at radius 3 is 2.87 bits per heavy atom. The summed E-state index contributed by atoms with van der Waals surface area (Å²) in [7, 11) is 3.39. The molecule has 3 rings (SSSR count). The number of benzene rings is 1. The Hall–Kier alpha value is -2.57. The van der Waals surface area contributed by atoms with Crippen molar-refractivity contribution < 1.29 is 14.1 Å². The molecule has 2 amide bonds. The molecule has 1 aromatic carbocycles.